The van der Waals surface area contributed by atoms with Gasteiger partial charge < -0.3 is 4.74 Å². The Kier molecular flexibility index (Phi) is 3.27. The molecule has 19 heavy (non-hydrogen) atoms. The fourth-order valence-corrected chi connectivity index (χ4v) is 3.34. The first-order chi connectivity index (χ1) is 9.20. The average molecular weight is 263 g/mol. The van der Waals surface area contributed by atoms with Gasteiger partial charge in [0.15, 0.2) is 0 Å². The Hall–Kier alpha value is -1.42. The summed E-state index contributed by atoms with van der Waals surface area (Å²) >= 11 is 0. The van der Waals surface area contributed by atoms with Crippen LogP contribution in [0.1, 0.15) is 46.8 Å². The number of fused-ring (bicyclic) bond motifs is 3. The Labute approximate surface area is 112 Å². The predicted octanol–water partition coefficient (Wildman–Crippen LogP) is 2.70. The zero-order chi connectivity index (χ0) is 13.4. The first-order valence-electron chi connectivity index (χ1n) is 6.85. The van der Waals surface area contributed by atoms with Crippen LogP contribution in [0.5, 0.6) is 0 Å². The number of carbonyl (C=O) groups excluding carboxylic acids is 1. The molecule has 3 rings (SSSR count). The minimum Gasteiger partial charge on any atom is -0.465 e. The summed E-state index contributed by atoms with van der Waals surface area (Å²) in [5.41, 5.74) is 2.10. The molecular formula is C15H18FNO2. The van der Waals surface area contributed by atoms with Crippen molar-refractivity contribution in [2.24, 2.45) is 0 Å². The summed E-state index contributed by atoms with van der Waals surface area (Å²) in [6.45, 7) is 2.02. The molecule has 0 amide bonds. The van der Waals surface area contributed by atoms with Crippen LogP contribution < -0.4 is 0 Å². The molecule has 0 unspecified atom stereocenters. The Bertz CT molecular complexity index is 515. The van der Waals surface area contributed by atoms with Crippen molar-refractivity contribution >= 4 is 5.97 Å². The van der Waals surface area contributed by atoms with Crippen LogP contribution in [0, 0.1) is 5.82 Å². The van der Waals surface area contributed by atoms with Gasteiger partial charge in [-0.05, 0) is 43.5 Å². The first kappa shape index (κ1) is 12.6. The second-order valence-corrected chi connectivity index (χ2v) is 5.32. The van der Waals surface area contributed by atoms with Gasteiger partial charge in [0.1, 0.15) is 5.82 Å². The topological polar surface area (TPSA) is 29.5 Å². The quantitative estimate of drug-likeness (QED) is 0.730. The maximum atomic E-state index is 14.4. The molecule has 0 radical (unpaired) electrons. The normalized spacial score (nSPS) is 22.5. The highest BCUT2D eigenvalue weighted by Gasteiger charge is 2.32. The molecule has 1 aromatic carbocycles. The molecule has 1 aromatic rings. The maximum Gasteiger partial charge on any atom is 0.337 e. The van der Waals surface area contributed by atoms with Crippen LogP contribution >= 0.6 is 0 Å². The van der Waals surface area contributed by atoms with Gasteiger partial charge in [0.25, 0.3) is 0 Å². The average Bonchev–Trinajstić information content (AvgIpc) is 2.45. The van der Waals surface area contributed by atoms with Crippen molar-refractivity contribution in [3.8, 4) is 0 Å². The Morgan fingerprint density at radius 2 is 2.21 bits per heavy atom. The van der Waals surface area contributed by atoms with Gasteiger partial charge >= 0.3 is 5.97 Å². The molecule has 0 bridgehead atoms. The highest BCUT2D eigenvalue weighted by Crippen LogP contribution is 2.38. The molecule has 0 aliphatic carbocycles. The van der Waals surface area contributed by atoms with Crippen molar-refractivity contribution in [1.29, 1.82) is 0 Å². The lowest BCUT2D eigenvalue weighted by atomic mass is 9.85. The van der Waals surface area contributed by atoms with E-state index in [1.807, 2.05) is 0 Å². The summed E-state index contributed by atoms with van der Waals surface area (Å²) in [7, 11) is 1.32. The van der Waals surface area contributed by atoms with Gasteiger partial charge in [0.2, 0.25) is 0 Å². The zero-order valence-corrected chi connectivity index (χ0v) is 11.1. The highest BCUT2D eigenvalue weighted by atomic mass is 19.1. The largest absolute Gasteiger partial charge is 0.465 e. The minimum atomic E-state index is -0.465. The number of nitrogens with zero attached hydrogens (tertiary/aromatic N) is 1. The van der Waals surface area contributed by atoms with Crippen molar-refractivity contribution in [3.63, 3.8) is 0 Å². The monoisotopic (exact) mass is 263 g/mol. The smallest absolute Gasteiger partial charge is 0.337 e. The number of benzene rings is 1. The molecule has 0 N–H and O–H groups in total. The van der Waals surface area contributed by atoms with Gasteiger partial charge in [0, 0.05) is 18.2 Å². The second-order valence-electron chi connectivity index (χ2n) is 5.32. The summed E-state index contributed by atoms with van der Waals surface area (Å²) in [6.07, 6.45) is 4.18. The number of hydrogen-bond donors (Lipinski definition) is 0. The van der Waals surface area contributed by atoms with E-state index in [4.69, 9.17) is 0 Å². The first-order valence-corrected chi connectivity index (χ1v) is 6.85. The van der Waals surface area contributed by atoms with Crippen LogP contribution in [0.4, 0.5) is 4.39 Å². The standard InChI is InChI=1S/C15H18FNO2/c1-19-15(18)11-8-10-5-7-17-6-3-2-4-13(17)14(10)12(16)9-11/h8-9,13H,2-7H2,1H3/t13-/m0/s1. The number of methoxy groups -OCH3 is 1. The van der Waals surface area contributed by atoms with Crippen LogP contribution in [0.25, 0.3) is 0 Å². The molecule has 2 aliphatic heterocycles. The third-order valence-corrected chi connectivity index (χ3v) is 4.25. The number of rotatable bonds is 1. The van der Waals surface area contributed by atoms with Crippen LogP contribution in [0.2, 0.25) is 0 Å². The molecule has 0 spiro atoms. The molecule has 4 heteroatoms. The van der Waals surface area contributed by atoms with E-state index < -0.39 is 5.97 Å². The molecule has 1 fully saturated rings. The van der Waals surface area contributed by atoms with E-state index in [-0.39, 0.29) is 11.9 Å². The van der Waals surface area contributed by atoms with Crippen molar-refractivity contribution in [3.05, 3.63) is 34.6 Å². The van der Waals surface area contributed by atoms with Gasteiger partial charge in [-0.2, -0.15) is 0 Å². The van der Waals surface area contributed by atoms with Crippen LogP contribution in [-0.2, 0) is 11.2 Å². The summed E-state index contributed by atoms with van der Waals surface area (Å²) in [5.74, 6) is -0.720. The molecule has 2 heterocycles. The zero-order valence-electron chi connectivity index (χ0n) is 11.1. The predicted molar refractivity (Wildman–Crippen MR) is 69.6 cm³/mol. The number of carbonyl (C=O) groups is 1. The number of hydrogen-bond acceptors (Lipinski definition) is 3. The minimum absolute atomic E-state index is 0.198. The SMILES string of the molecule is COC(=O)c1cc(F)c2c(c1)CCN1CCCC[C@@H]21. The number of ether oxygens (including phenoxy) is 1. The van der Waals surface area contributed by atoms with E-state index in [1.165, 1.54) is 19.6 Å². The maximum absolute atomic E-state index is 14.4. The van der Waals surface area contributed by atoms with E-state index >= 15 is 0 Å². The molecule has 2 aliphatic rings. The van der Waals surface area contributed by atoms with Gasteiger partial charge in [-0.3, -0.25) is 4.90 Å². The van der Waals surface area contributed by atoms with Crippen LogP contribution in [0.15, 0.2) is 12.1 Å². The van der Waals surface area contributed by atoms with Crippen molar-refractivity contribution in [2.45, 2.75) is 31.7 Å². The number of piperidine rings is 1. The van der Waals surface area contributed by atoms with Gasteiger partial charge in [-0.1, -0.05) is 6.42 Å². The van der Waals surface area contributed by atoms with Gasteiger partial charge in [-0.15, -0.1) is 0 Å². The van der Waals surface area contributed by atoms with E-state index in [2.05, 4.69) is 9.64 Å². The van der Waals surface area contributed by atoms with E-state index in [1.54, 1.807) is 6.07 Å². The lowest BCUT2D eigenvalue weighted by molar-refractivity contribution is 0.0599. The Morgan fingerprint density at radius 1 is 1.37 bits per heavy atom. The lowest BCUT2D eigenvalue weighted by Gasteiger charge is -2.40. The van der Waals surface area contributed by atoms with E-state index in [0.29, 0.717) is 5.56 Å². The number of halogens is 1. The Balaban J connectivity index is 2.02. The summed E-state index contributed by atoms with van der Waals surface area (Å²) < 4.78 is 19.0. The summed E-state index contributed by atoms with van der Waals surface area (Å²) in [5, 5.41) is 0. The van der Waals surface area contributed by atoms with E-state index in [9.17, 15) is 9.18 Å². The van der Waals surface area contributed by atoms with Gasteiger partial charge in [-0.25, -0.2) is 9.18 Å². The Morgan fingerprint density at radius 3 is 3.00 bits per heavy atom. The van der Waals surface area contributed by atoms with Crippen molar-refractivity contribution < 1.29 is 13.9 Å². The van der Waals surface area contributed by atoms with Gasteiger partial charge in [0.05, 0.1) is 12.7 Å². The summed E-state index contributed by atoms with van der Waals surface area (Å²) in [4.78, 5) is 13.9. The molecular weight excluding hydrogens is 245 g/mol. The fourth-order valence-electron chi connectivity index (χ4n) is 3.34. The van der Waals surface area contributed by atoms with Crippen LogP contribution in [-0.4, -0.2) is 31.1 Å². The third-order valence-electron chi connectivity index (χ3n) is 4.25. The molecule has 0 saturated carbocycles. The van der Waals surface area contributed by atoms with Crippen LogP contribution in [0.3, 0.4) is 0 Å². The third kappa shape index (κ3) is 2.14. The molecule has 102 valence electrons. The summed E-state index contributed by atoms with van der Waals surface area (Å²) in [6, 6.07) is 3.32. The fraction of sp³-hybridized carbons (Fsp3) is 0.533. The van der Waals surface area contributed by atoms with Crippen molar-refractivity contribution in [1.82, 2.24) is 4.90 Å². The molecule has 1 atom stereocenters. The molecule has 3 nitrogen and oxygen atoms in total. The number of esters is 1. The molecule has 1 saturated heterocycles. The second kappa shape index (κ2) is 4.93. The lowest BCUT2D eigenvalue weighted by Crippen LogP contribution is -2.39. The van der Waals surface area contributed by atoms with Crippen molar-refractivity contribution in [2.75, 3.05) is 20.2 Å². The highest BCUT2D eigenvalue weighted by molar-refractivity contribution is 5.89. The molecule has 0 aromatic heterocycles. The van der Waals surface area contributed by atoms with E-state index in [0.717, 1.165) is 43.5 Å².